The number of rotatable bonds is 4. The minimum atomic E-state index is -4.66. The van der Waals surface area contributed by atoms with E-state index in [4.69, 9.17) is 0 Å². The van der Waals surface area contributed by atoms with Crippen LogP contribution in [-0.4, -0.2) is 55.9 Å². The van der Waals surface area contributed by atoms with Crippen LogP contribution in [0.2, 0.25) is 0 Å². The molecular formula is C9H19BF3KN2. The molecule has 1 fully saturated rings. The summed E-state index contributed by atoms with van der Waals surface area (Å²) in [5.74, 6) is 0.586. The molecule has 2 nitrogen and oxygen atoms in total. The smallest absolute Gasteiger partial charge is 0.448 e. The minimum absolute atomic E-state index is 0. The van der Waals surface area contributed by atoms with Crippen LogP contribution in [0.15, 0.2) is 0 Å². The van der Waals surface area contributed by atoms with E-state index in [1.807, 2.05) is 0 Å². The van der Waals surface area contributed by atoms with Crippen LogP contribution in [0.25, 0.3) is 0 Å². The number of hydrogen-bond acceptors (Lipinski definition) is 2. The van der Waals surface area contributed by atoms with E-state index in [1.165, 1.54) is 4.90 Å². The fourth-order valence-electron chi connectivity index (χ4n) is 1.96. The largest absolute Gasteiger partial charge is 1.00 e. The maximum Gasteiger partial charge on any atom is 1.00 e. The predicted molar refractivity (Wildman–Crippen MR) is 56.8 cm³/mol. The first kappa shape index (κ1) is 17.4. The molecule has 7 heteroatoms. The van der Waals surface area contributed by atoms with Crippen LogP contribution < -0.4 is 51.4 Å². The predicted octanol–water partition coefficient (Wildman–Crippen LogP) is -1.35. The van der Waals surface area contributed by atoms with E-state index in [9.17, 15) is 12.9 Å². The normalized spacial score (nSPS) is 19.9. The van der Waals surface area contributed by atoms with E-state index < -0.39 is 13.4 Å². The van der Waals surface area contributed by atoms with Gasteiger partial charge in [-0.05, 0) is 12.4 Å². The van der Waals surface area contributed by atoms with Crippen molar-refractivity contribution < 1.29 is 64.3 Å². The summed E-state index contributed by atoms with van der Waals surface area (Å²) in [6.07, 6.45) is -0.699. The fourth-order valence-corrected chi connectivity index (χ4v) is 1.96. The average molecular weight is 262 g/mol. The van der Waals surface area contributed by atoms with E-state index in [0.29, 0.717) is 19.0 Å². The zero-order chi connectivity index (χ0) is 11.5. The van der Waals surface area contributed by atoms with Gasteiger partial charge in [0.15, 0.2) is 0 Å². The first-order chi connectivity index (χ1) is 6.87. The third-order valence-corrected chi connectivity index (χ3v) is 2.55. The monoisotopic (exact) mass is 262 g/mol. The minimum Gasteiger partial charge on any atom is -0.448 e. The second-order valence-corrected chi connectivity index (χ2v) is 4.71. The molecule has 0 aliphatic carbocycles. The molecular weight excluding hydrogens is 243 g/mol. The molecule has 1 heterocycles. The van der Waals surface area contributed by atoms with Gasteiger partial charge in [0.2, 0.25) is 0 Å². The van der Waals surface area contributed by atoms with Crippen LogP contribution >= 0.6 is 0 Å². The third kappa shape index (κ3) is 7.68. The molecule has 1 aliphatic heterocycles. The molecule has 1 rings (SSSR count). The van der Waals surface area contributed by atoms with Gasteiger partial charge in [-0.25, -0.2) is 0 Å². The second kappa shape index (κ2) is 7.76. The summed E-state index contributed by atoms with van der Waals surface area (Å²) in [5.41, 5.74) is 0. The second-order valence-electron chi connectivity index (χ2n) is 4.71. The van der Waals surface area contributed by atoms with E-state index in [-0.39, 0.29) is 51.4 Å². The van der Waals surface area contributed by atoms with Gasteiger partial charge in [-0.2, -0.15) is 0 Å². The van der Waals surface area contributed by atoms with Crippen molar-refractivity contribution >= 4 is 6.98 Å². The van der Waals surface area contributed by atoms with E-state index in [1.54, 1.807) is 0 Å². The van der Waals surface area contributed by atoms with Crippen LogP contribution in [0, 0.1) is 5.92 Å². The first-order valence-electron chi connectivity index (χ1n) is 5.52. The Morgan fingerprint density at radius 1 is 1.00 bits per heavy atom. The van der Waals surface area contributed by atoms with Gasteiger partial charge < -0.3 is 22.7 Å². The first-order valence-corrected chi connectivity index (χ1v) is 5.52. The summed E-state index contributed by atoms with van der Waals surface area (Å²) in [4.78, 5) is 3.75. The zero-order valence-electron chi connectivity index (χ0n) is 10.4. The molecule has 1 aliphatic rings. The van der Waals surface area contributed by atoms with Crippen LogP contribution in [0.5, 0.6) is 0 Å². The van der Waals surface area contributed by atoms with Gasteiger partial charge in [0.1, 0.15) is 0 Å². The summed E-state index contributed by atoms with van der Waals surface area (Å²) in [6.45, 7) is 3.23. The van der Waals surface area contributed by atoms with Gasteiger partial charge in [-0.3, -0.25) is 0 Å². The van der Waals surface area contributed by atoms with Crippen LogP contribution in [-0.2, 0) is 0 Å². The molecule has 0 saturated carbocycles. The summed E-state index contributed by atoms with van der Waals surface area (Å²) in [5, 5.41) is 0. The Kier molecular flexibility index (Phi) is 8.44. The molecule has 0 spiro atoms. The van der Waals surface area contributed by atoms with Gasteiger partial charge in [0, 0.05) is 32.7 Å². The van der Waals surface area contributed by atoms with Crippen molar-refractivity contribution in [2.24, 2.45) is 5.92 Å². The van der Waals surface area contributed by atoms with Crippen molar-refractivity contribution in [3.8, 4) is 0 Å². The van der Waals surface area contributed by atoms with Gasteiger partial charge in [-0.15, -0.1) is 0 Å². The number of piperazine rings is 1. The molecule has 0 aromatic carbocycles. The average Bonchev–Trinajstić information content (AvgIpc) is 2.05. The summed E-state index contributed by atoms with van der Waals surface area (Å²) < 4.78 is 36.5. The van der Waals surface area contributed by atoms with Crippen molar-refractivity contribution in [3.05, 3.63) is 0 Å². The molecule has 0 amide bonds. The molecule has 90 valence electrons. The van der Waals surface area contributed by atoms with Crippen molar-refractivity contribution in [1.29, 1.82) is 0 Å². The molecule has 0 radical (unpaired) electrons. The molecule has 0 aromatic rings. The van der Waals surface area contributed by atoms with Gasteiger partial charge in [0.05, 0.1) is 0 Å². The zero-order valence-corrected chi connectivity index (χ0v) is 13.5. The van der Waals surface area contributed by atoms with Gasteiger partial charge >= 0.3 is 58.4 Å². The number of hydrogen-bond donors (Lipinski definition) is 0. The SMILES string of the molecule is CC(C)CN1CCN(C[B-](F)(F)F)CC1.[K+]. The molecule has 0 atom stereocenters. The van der Waals surface area contributed by atoms with Crippen LogP contribution in [0.4, 0.5) is 12.9 Å². The Balaban J connectivity index is 0.00000225. The standard InChI is InChI=1S/C9H19BF3N2.K/c1-9(2)7-14-3-5-15(6-4-14)8-10(11,12)13;/h9H,3-8H2,1-2H3;/q-1;+1. The van der Waals surface area contributed by atoms with Gasteiger partial charge in [-0.1, -0.05) is 13.8 Å². The fraction of sp³-hybridized carbons (Fsp3) is 1.00. The third-order valence-electron chi connectivity index (χ3n) is 2.55. The maximum absolute atomic E-state index is 12.2. The number of halogens is 3. The molecule has 0 unspecified atom stereocenters. The van der Waals surface area contributed by atoms with Gasteiger partial charge in [0.25, 0.3) is 0 Å². The maximum atomic E-state index is 12.2. The number of nitrogens with zero attached hydrogens (tertiary/aromatic N) is 2. The summed E-state index contributed by atoms with van der Waals surface area (Å²) in [7, 11) is 0. The van der Waals surface area contributed by atoms with Crippen molar-refractivity contribution in [3.63, 3.8) is 0 Å². The Labute approximate surface area is 138 Å². The molecule has 0 bridgehead atoms. The van der Waals surface area contributed by atoms with Crippen LogP contribution in [0.3, 0.4) is 0 Å². The summed E-state index contributed by atoms with van der Waals surface area (Å²) in [6, 6.07) is 0. The van der Waals surface area contributed by atoms with E-state index in [0.717, 1.165) is 19.6 Å². The molecule has 0 aromatic heterocycles. The quantitative estimate of drug-likeness (QED) is 0.578. The summed E-state index contributed by atoms with van der Waals surface area (Å²) >= 11 is 0. The topological polar surface area (TPSA) is 6.48 Å². The molecule has 16 heavy (non-hydrogen) atoms. The Morgan fingerprint density at radius 2 is 1.44 bits per heavy atom. The van der Waals surface area contributed by atoms with Crippen LogP contribution in [0.1, 0.15) is 13.8 Å². The van der Waals surface area contributed by atoms with Crippen molar-refractivity contribution in [1.82, 2.24) is 9.80 Å². The Hall–Kier alpha value is 1.41. The van der Waals surface area contributed by atoms with Crippen molar-refractivity contribution in [2.45, 2.75) is 13.8 Å². The molecule has 0 N–H and O–H groups in total. The van der Waals surface area contributed by atoms with E-state index in [2.05, 4.69) is 18.7 Å². The molecule has 1 saturated heterocycles. The Bertz CT molecular complexity index is 194. The van der Waals surface area contributed by atoms with E-state index >= 15 is 0 Å². The Morgan fingerprint density at radius 3 is 1.81 bits per heavy atom. The van der Waals surface area contributed by atoms with Crippen molar-refractivity contribution in [2.75, 3.05) is 39.2 Å².